The molecule has 0 amide bonds. The lowest BCUT2D eigenvalue weighted by Crippen LogP contribution is -2.09. The highest BCUT2D eigenvalue weighted by Crippen LogP contribution is 2.42. The topological polar surface area (TPSA) is 54.8 Å². The number of nitrogens with zero attached hydrogens (tertiary/aromatic N) is 3. The minimum Gasteiger partial charge on any atom is -0.452 e. The molecule has 2 aromatic heterocycles. The molecule has 0 aliphatic rings. The number of hydrogen-bond donors (Lipinski definition) is 0. The van der Waals surface area contributed by atoms with E-state index in [-0.39, 0.29) is 23.0 Å². The fraction of sp³-hybridized carbons (Fsp3) is 0.188. The van der Waals surface area contributed by atoms with Crippen molar-refractivity contribution in [3.8, 4) is 23.1 Å². The van der Waals surface area contributed by atoms with Gasteiger partial charge in [-0.15, -0.1) is 0 Å². The van der Waals surface area contributed by atoms with Crippen LogP contribution in [0.15, 0.2) is 75.6 Å². The first kappa shape index (κ1) is 24.4. The van der Waals surface area contributed by atoms with Gasteiger partial charge in [-0.2, -0.15) is 5.26 Å². The zero-order valence-electron chi connectivity index (χ0n) is 21.5. The third kappa shape index (κ3) is 3.65. The van der Waals surface area contributed by atoms with Gasteiger partial charge in [0.15, 0.2) is 11.4 Å². The van der Waals surface area contributed by atoms with E-state index >= 15 is 4.39 Å². The van der Waals surface area contributed by atoms with Crippen molar-refractivity contribution in [3.05, 3.63) is 93.7 Å². The van der Waals surface area contributed by atoms with Crippen LogP contribution in [-0.2, 0) is 0 Å². The van der Waals surface area contributed by atoms with Gasteiger partial charge < -0.3 is 4.42 Å². The van der Waals surface area contributed by atoms with Crippen molar-refractivity contribution in [1.82, 2.24) is 9.55 Å². The summed E-state index contributed by atoms with van der Waals surface area (Å²) in [7, 11) is 0. The first-order chi connectivity index (χ1) is 18.3. The van der Waals surface area contributed by atoms with Crippen molar-refractivity contribution >= 4 is 48.9 Å². The Morgan fingerprint density at radius 3 is 2.26 bits per heavy atom. The van der Waals surface area contributed by atoms with Crippen LogP contribution in [0.4, 0.5) is 4.39 Å². The summed E-state index contributed by atoms with van der Waals surface area (Å²) in [6.45, 7) is 8.79. The molecule has 0 aliphatic heterocycles. The molecule has 6 rings (SSSR count). The molecule has 0 saturated heterocycles. The van der Waals surface area contributed by atoms with Gasteiger partial charge in [0.25, 0.3) is 0 Å². The molecular weight excluding hydrogens is 541 g/mol. The Balaban J connectivity index is 1.77. The standard InChI is InChI=1S/C32H25BrFN3O/c1-17(2)24-14-20(33)15-25(18(3)4)29(24)37-27-11-6-5-10-26(27)36-32(37)23-9-7-8-21-22-13-12-19(16-35)28(34)31(22)38-30(21)23/h5-15,17-18H,1-4H3. The zero-order chi connectivity index (χ0) is 26.7. The third-order valence-corrected chi connectivity index (χ3v) is 7.59. The Kier molecular flexibility index (Phi) is 5.85. The summed E-state index contributed by atoms with van der Waals surface area (Å²) < 4.78 is 24.6. The van der Waals surface area contributed by atoms with E-state index in [2.05, 4.69) is 66.4 Å². The Labute approximate surface area is 228 Å². The number of nitriles is 1. The van der Waals surface area contributed by atoms with Gasteiger partial charge in [0, 0.05) is 15.2 Å². The van der Waals surface area contributed by atoms with Crippen LogP contribution >= 0.6 is 15.9 Å². The molecule has 4 nitrogen and oxygen atoms in total. The van der Waals surface area contributed by atoms with Crippen LogP contribution in [0, 0.1) is 17.1 Å². The summed E-state index contributed by atoms with van der Waals surface area (Å²) in [5.41, 5.74) is 6.71. The second-order valence-electron chi connectivity index (χ2n) is 10.2. The largest absolute Gasteiger partial charge is 0.452 e. The smallest absolute Gasteiger partial charge is 0.184 e. The van der Waals surface area contributed by atoms with E-state index in [4.69, 9.17) is 9.40 Å². The molecule has 0 radical (unpaired) electrons. The van der Waals surface area contributed by atoms with E-state index in [0.29, 0.717) is 11.0 Å². The van der Waals surface area contributed by atoms with E-state index in [1.54, 1.807) is 6.07 Å². The molecule has 0 atom stereocenters. The molecule has 6 aromatic rings. The normalized spacial score (nSPS) is 11.9. The summed E-state index contributed by atoms with van der Waals surface area (Å²) in [4.78, 5) is 5.10. The van der Waals surface area contributed by atoms with Crippen LogP contribution in [0.2, 0.25) is 0 Å². The number of para-hydroxylation sites is 3. The fourth-order valence-electron chi connectivity index (χ4n) is 5.31. The van der Waals surface area contributed by atoms with Gasteiger partial charge in [0.05, 0.1) is 27.8 Å². The monoisotopic (exact) mass is 565 g/mol. The van der Waals surface area contributed by atoms with Crippen molar-refractivity contribution in [2.75, 3.05) is 0 Å². The second kappa shape index (κ2) is 9.11. The lowest BCUT2D eigenvalue weighted by Gasteiger charge is -2.23. The van der Waals surface area contributed by atoms with Crippen molar-refractivity contribution < 1.29 is 8.81 Å². The van der Waals surface area contributed by atoms with Gasteiger partial charge in [-0.05, 0) is 65.4 Å². The highest BCUT2D eigenvalue weighted by molar-refractivity contribution is 9.10. The average Bonchev–Trinajstić information content (AvgIpc) is 3.47. The van der Waals surface area contributed by atoms with Gasteiger partial charge in [-0.3, -0.25) is 4.57 Å². The molecule has 4 aromatic carbocycles. The molecule has 0 unspecified atom stereocenters. The summed E-state index contributed by atoms with van der Waals surface area (Å²) in [5.74, 6) is 0.602. The van der Waals surface area contributed by atoms with Gasteiger partial charge in [-0.25, -0.2) is 9.37 Å². The van der Waals surface area contributed by atoms with Crippen molar-refractivity contribution in [2.45, 2.75) is 39.5 Å². The number of rotatable bonds is 4. The number of benzene rings is 4. The highest BCUT2D eigenvalue weighted by atomic mass is 79.9. The molecule has 38 heavy (non-hydrogen) atoms. The van der Waals surface area contributed by atoms with Crippen LogP contribution in [0.5, 0.6) is 0 Å². The summed E-state index contributed by atoms with van der Waals surface area (Å²) in [6, 6.07) is 23.5. The number of halogens is 2. The second-order valence-corrected chi connectivity index (χ2v) is 11.1. The molecule has 6 heteroatoms. The van der Waals surface area contributed by atoms with Crippen LogP contribution in [-0.4, -0.2) is 9.55 Å². The first-order valence-corrected chi connectivity index (χ1v) is 13.4. The van der Waals surface area contributed by atoms with E-state index in [9.17, 15) is 5.26 Å². The zero-order valence-corrected chi connectivity index (χ0v) is 23.1. The van der Waals surface area contributed by atoms with Crippen LogP contribution in [0.3, 0.4) is 0 Å². The fourth-order valence-corrected chi connectivity index (χ4v) is 5.80. The summed E-state index contributed by atoms with van der Waals surface area (Å²) in [6.07, 6.45) is 0. The number of aromatic nitrogens is 2. The molecule has 0 fully saturated rings. The van der Waals surface area contributed by atoms with E-state index in [1.165, 1.54) is 17.2 Å². The average molecular weight is 566 g/mol. The Bertz CT molecular complexity index is 1890. The van der Waals surface area contributed by atoms with Crippen LogP contribution in [0.25, 0.3) is 50.0 Å². The third-order valence-electron chi connectivity index (χ3n) is 7.13. The van der Waals surface area contributed by atoms with Gasteiger partial charge >= 0.3 is 0 Å². The van der Waals surface area contributed by atoms with E-state index < -0.39 is 5.82 Å². The van der Waals surface area contributed by atoms with E-state index in [1.807, 2.05) is 42.5 Å². The lowest BCUT2D eigenvalue weighted by atomic mass is 9.92. The maximum Gasteiger partial charge on any atom is 0.184 e. The summed E-state index contributed by atoms with van der Waals surface area (Å²) >= 11 is 3.73. The van der Waals surface area contributed by atoms with Gasteiger partial charge in [0.1, 0.15) is 17.5 Å². The molecule has 0 aliphatic carbocycles. The Hall–Kier alpha value is -3.95. The number of fused-ring (bicyclic) bond motifs is 4. The molecule has 0 spiro atoms. The Morgan fingerprint density at radius 2 is 1.58 bits per heavy atom. The molecule has 0 bridgehead atoms. The minimum absolute atomic E-state index is 0.0386. The molecular formula is C32H25BrFN3O. The quantitative estimate of drug-likeness (QED) is 0.214. The number of hydrogen-bond acceptors (Lipinski definition) is 3. The van der Waals surface area contributed by atoms with Crippen molar-refractivity contribution in [2.24, 2.45) is 0 Å². The molecule has 2 heterocycles. The summed E-state index contributed by atoms with van der Waals surface area (Å²) in [5, 5.41) is 10.8. The highest BCUT2D eigenvalue weighted by Gasteiger charge is 2.25. The first-order valence-electron chi connectivity index (χ1n) is 12.7. The van der Waals surface area contributed by atoms with Crippen molar-refractivity contribution in [1.29, 1.82) is 5.26 Å². The molecule has 0 N–H and O–H groups in total. The predicted molar refractivity (Wildman–Crippen MR) is 154 cm³/mol. The van der Waals surface area contributed by atoms with Crippen molar-refractivity contribution in [3.63, 3.8) is 0 Å². The maximum absolute atomic E-state index is 15.1. The lowest BCUT2D eigenvalue weighted by molar-refractivity contribution is 0.582. The van der Waals surface area contributed by atoms with Gasteiger partial charge in [0.2, 0.25) is 0 Å². The maximum atomic E-state index is 15.1. The van der Waals surface area contributed by atoms with E-state index in [0.717, 1.165) is 38.0 Å². The van der Waals surface area contributed by atoms with Crippen LogP contribution in [0.1, 0.15) is 56.2 Å². The minimum atomic E-state index is -0.641. The SMILES string of the molecule is CC(C)c1cc(Br)cc(C(C)C)c1-n1c(-c2cccc3c2oc2c(F)c(C#N)ccc23)nc2ccccc21. The Morgan fingerprint density at radius 1 is 0.895 bits per heavy atom. The number of imidazole rings is 1. The molecule has 0 saturated carbocycles. The van der Waals surface area contributed by atoms with Gasteiger partial charge in [-0.1, -0.05) is 67.9 Å². The van der Waals surface area contributed by atoms with Crippen LogP contribution < -0.4 is 0 Å². The number of furan rings is 1. The predicted octanol–water partition coefficient (Wildman–Crippen LogP) is 9.61. The molecule has 188 valence electrons.